The smallest absolute Gasteiger partial charge is 0.405 e. The summed E-state index contributed by atoms with van der Waals surface area (Å²) in [5.41, 5.74) is 0. The van der Waals surface area contributed by atoms with Gasteiger partial charge in [0.25, 0.3) is 0 Å². The molecular formula is C13H23NO2. The minimum Gasteiger partial charge on any atom is -0.465 e. The predicted octanol–water partition coefficient (Wildman–Crippen LogP) is 3.40. The van der Waals surface area contributed by atoms with Crippen LogP contribution in [0.3, 0.4) is 0 Å². The van der Waals surface area contributed by atoms with E-state index in [2.05, 4.69) is 18.2 Å². The maximum Gasteiger partial charge on any atom is 0.405 e. The summed E-state index contributed by atoms with van der Waals surface area (Å²) in [6.45, 7) is 2.20. The van der Waals surface area contributed by atoms with Crippen LogP contribution in [0.4, 0.5) is 4.79 Å². The molecule has 1 amide bonds. The van der Waals surface area contributed by atoms with Crippen LogP contribution in [0.1, 0.15) is 58.3 Å². The van der Waals surface area contributed by atoms with Gasteiger partial charge in [-0.3, -0.25) is 0 Å². The molecule has 16 heavy (non-hydrogen) atoms. The summed E-state index contributed by atoms with van der Waals surface area (Å²) in [5.74, 6) is 2.45. The molecule has 0 aliphatic heterocycles. The molecule has 0 spiro atoms. The molecule has 92 valence electrons. The number of carboxylic acid groups (broad SMARTS) is 1. The van der Waals surface area contributed by atoms with Crippen molar-refractivity contribution in [1.29, 1.82) is 0 Å². The number of amides is 1. The van der Waals surface area contributed by atoms with Crippen molar-refractivity contribution >= 4 is 6.09 Å². The van der Waals surface area contributed by atoms with Gasteiger partial charge in [0.1, 0.15) is 0 Å². The zero-order valence-electron chi connectivity index (χ0n) is 10.2. The Morgan fingerprint density at radius 1 is 1.25 bits per heavy atom. The van der Waals surface area contributed by atoms with Gasteiger partial charge in [-0.1, -0.05) is 57.8 Å². The molecule has 3 nitrogen and oxygen atoms in total. The molecule has 0 heterocycles. The third kappa shape index (κ3) is 9.39. The lowest BCUT2D eigenvalue weighted by Crippen LogP contribution is -2.32. The highest BCUT2D eigenvalue weighted by Crippen LogP contribution is 2.09. The van der Waals surface area contributed by atoms with E-state index < -0.39 is 6.09 Å². The summed E-state index contributed by atoms with van der Waals surface area (Å²) in [7, 11) is 0. The van der Waals surface area contributed by atoms with Crippen LogP contribution in [0.2, 0.25) is 0 Å². The largest absolute Gasteiger partial charge is 0.465 e. The van der Waals surface area contributed by atoms with E-state index in [-0.39, 0.29) is 6.04 Å². The van der Waals surface area contributed by atoms with Crippen molar-refractivity contribution in [2.45, 2.75) is 64.3 Å². The molecule has 0 saturated heterocycles. The van der Waals surface area contributed by atoms with Crippen molar-refractivity contribution in [3.05, 3.63) is 0 Å². The molecule has 0 aromatic rings. The Labute approximate surface area is 98.6 Å². The second kappa shape index (κ2) is 10.4. The monoisotopic (exact) mass is 225 g/mol. The van der Waals surface area contributed by atoms with E-state index in [0.717, 1.165) is 19.3 Å². The second-order valence-electron chi connectivity index (χ2n) is 4.08. The predicted molar refractivity (Wildman–Crippen MR) is 66.4 cm³/mol. The molecule has 0 fully saturated rings. The van der Waals surface area contributed by atoms with Crippen molar-refractivity contribution in [3.8, 4) is 12.3 Å². The van der Waals surface area contributed by atoms with Gasteiger partial charge < -0.3 is 10.4 Å². The molecular weight excluding hydrogens is 202 g/mol. The number of carbonyl (C=O) groups is 1. The fourth-order valence-electron chi connectivity index (χ4n) is 1.65. The van der Waals surface area contributed by atoms with Crippen LogP contribution in [-0.4, -0.2) is 17.2 Å². The normalized spacial score (nSPS) is 11.8. The zero-order chi connectivity index (χ0) is 12.2. The highest BCUT2D eigenvalue weighted by molar-refractivity contribution is 5.65. The van der Waals surface area contributed by atoms with Crippen LogP contribution in [0.25, 0.3) is 0 Å². The molecule has 1 atom stereocenters. The first-order valence-electron chi connectivity index (χ1n) is 6.16. The second-order valence-corrected chi connectivity index (χ2v) is 4.08. The minimum atomic E-state index is -1.04. The molecule has 0 aliphatic carbocycles. The summed E-state index contributed by atoms with van der Waals surface area (Å²) in [5, 5.41) is 10.8. The highest BCUT2D eigenvalue weighted by atomic mass is 16.4. The Balaban J connectivity index is 3.35. The van der Waals surface area contributed by atoms with Crippen molar-refractivity contribution in [3.63, 3.8) is 0 Å². The topological polar surface area (TPSA) is 49.3 Å². The van der Waals surface area contributed by atoms with Crippen molar-refractivity contribution < 1.29 is 9.90 Å². The van der Waals surface area contributed by atoms with Gasteiger partial charge in [0, 0.05) is 0 Å². The fourth-order valence-corrected chi connectivity index (χ4v) is 1.65. The first-order valence-corrected chi connectivity index (χ1v) is 6.16. The first kappa shape index (κ1) is 14.8. The third-order valence-electron chi connectivity index (χ3n) is 2.60. The average molecular weight is 225 g/mol. The third-order valence-corrected chi connectivity index (χ3v) is 2.60. The van der Waals surface area contributed by atoms with Crippen LogP contribution in [0.5, 0.6) is 0 Å². The Kier molecular flexibility index (Phi) is 9.59. The lowest BCUT2D eigenvalue weighted by Gasteiger charge is -2.09. The van der Waals surface area contributed by atoms with Crippen LogP contribution in [0.15, 0.2) is 0 Å². The van der Waals surface area contributed by atoms with Crippen molar-refractivity contribution in [1.82, 2.24) is 5.32 Å². The van der Waals surface area contributed by atoms with E-state index in [1.807, 2.05) is 0 Å². The van der Waals surface area contributed by atoms with E-state index in [9.17, 15) is 4.79 Å². The van der Waals surface area contributed by atoms with Gasteiger partial charge >= 0.3 is 6.09 Å². The van der Waals surface area contributed by atoms with Gasteiger partial charge in [-0.05, 0) is 6.42 Å². The van der Waals surface area contributed by atoms with Crippen LogP contribution in [0, 0.1) is 12.3 Å². The lowest BCUT2D eigenvalue weighted by molar-refractivity contribution is 0.191. The number of hydrogen-bond acceptors (Lipinski definition) is 1. The molecule has 0 bridgehead atoms. The van der Waals surface area contributed by atoms with Gasteiger partial charge in [0.05, 0.1) is 6.04 Å². The van der Waals surface area contributed by atoms with E-state index in [1.165, 1.54) is 32.1 Å². The summed E-state index contributed by atoms with van der Waals surface area (Å²) in [6, 6.07) is -0.326. The van der Waals surface area contributed by atoms with Gasteiger partial charge in [0.2, 0.25) is 0 Å². The maximum atomic E-state index is 10.4. The van der Waals surface area contributed by atoms with E-state index >= 15 is 0 Å². The van der Waals surface area contributed by atoms with Gasteiger partial charge in [-0.2, -0.15) is 0 Å². The SMILES string of the molecule is C#CC(CCCCCCCCC)NC(=O)O. The first-order chi connectivity index (χ1) is 7.70. The van der Waals surface area contributed by atoms with Gasteiger partial charge in [-0.25, -0.2) is 4.79 Å². The molecule has 0 saturated carbocycles. The molecule has 0 aliphatic rings. The minimum absolute atomic E-state index is 0.326. The molecule has 1 unspecified atom stereocenters. The number of terminal acetylenes is 1. The molecule has 0 radical (unpaired) electrons. The van der Waals surface area contributed by atoms with Crippen LogP contribution >= 0.6 is 0 Å². The fraction of sp³-hybridized carbons (Fsp3) is 0.769. The van der Waals surface area contributed by atoms with E-state index in [0.29, 0.717) is 0 Å². The Morgan fingerprint density at radius 2 is 1.81 bits per heavy atom. The number of unbranched alkanes of at least 4 members (excludes halogenated alkanes) is 6. The quantitative estimate of drug-likeness (QED) is 0.467. The summed E-state index contributed by atoms with van der Waals surface area (Å²) in [6.07, 6.45) is 13.5. The number of hydrogen-bond donors (Lipinski definition) is 2. The molecule has 0 rings (SSSR count). The Morgan fingerprint density at radius 3 is 2.31 bits per heavy atom. The Bertz CT molecular complexity index is 220. The Hall–Kier alpha value is -1.17. The van der Waals surface area contributed by atoms with Crippen LogP contribution < -0.4 is 5.32 Å². The average Bonchev–Trinajstić information content (AvgIpc) is 2.25. The highest BCUT2D eigenvalue weighted by Gasteiger charge is 2.06. The molecule has 2 N–H and O–H groups in total. The van der Waals surface area contributed by atoms with Crippen molar-refractivity contribution in [2.24, 2.45) is 0 Å². The van der Waals surface area contributed by atoms with Gasteiger partial charge in [-0.15, -0.1) is 6.42 Å². The number of rotatable bonds is 9. The van der Waals surface area contributed by atoms with Crippen molar-refractivity contribution in [2.75, 3.05) is 0 Å². The summed E-state index contributed by atoms with van der Waals surface area (Å²) < 4.78 is 0. The zero-order valence-corrected chi connectivity index (χ0v) is 10.2. The molecule has 3 heteroatoms. The van der Waals surface area contributed by atoms with E-state index in [1.54, 1.807) is 0 Å². The summed E-state index contributed by atoms with van der Waals surface area (Å²) >= 11 is 0. The molecule has 0 aromatic carbocycles. The van der Waals surface area contributed by atoms with Gasteiger partial charge in [0.15, 0.2) is 0 Å². The molecule has 0 aromatic heterocycles. The van der Waals surface area contributed by atoms with Crippen LogP contribution in [-0.2, 0) is 0 Å². The maximum absolute atomic E-state index is 10.4. The van der Waals surface area contributed by atoms with E-state index in [4.69, 9.17) is 11.5 Å². The summed E-state index contributed by atoms with van der Waals surface area (Å²) in [4.78, 5) is 10.4. The standard InChI is InChI=1S/C13H23NO2/c1-3-5-6-7-8-9-10-11-12(4-2)14-13(15)16/h2,12,14H,3,5-11H2,1H3,(H,15,16). The number of nitrogens with one attached hydrogen (secondary N) is 1. The lowest BCUT2D eigenvalue weighted by atomic mass is 10.1.